The summed E-state index contributed by atoms with van der Waals surface area (Å²) in [5, 5.41) is 0. The molecule has 76 valence electrons. The molecular weight excluding hydrogens is 166 g/mol. The van der Waals surface area contributed by atoms with E-state index in [1.807, 2.05) is 0 Å². The third-order valence-corrected chi connectivity index (χ3v) is 3.05. The molecule has 13 heavy (non-hydrogen) atoms. The Labute approximate surface area is 80.0 Å². The molecule has 0 aromatic rings. The average Bonchev–Trinajstić information content (AvgIpc) is 2.76. The van der Waals surface area contributed by atoms with Crippen LogP contribution in [0.2, 0.25) is 0 Å². The van der Waals surface area contributed by atoms with Crippen molar-refractivity contribution in [2.75, 3.05) is 33.4 Å². The van der Waals surface area contributed by atoms with E-state index in [1.165, 1.54) is 25.8 Å². The lowest BCUT2D eigenvalue weighted by Gasteiger charge is -2.19. The van der Waals surface area contributed by atoms with Crippen LogP contribution in [0.3, 0.4) is 0 Å². The van der Waals surface area contributed by atoms with E-state index in [0.29, 0.717) is 12.2 Å². The molecule has 2 saturated heterocycles. The van der Waals surface area contributed by atoms with E-state index in [4.69, 9.17) is 9.47 Å². The first-order valence-electron chi connectivity index (χ1n) is 5.25. The van der Waals surface area contributed by atoms with Gasteiger partial charge in [-0.15, -0.1) is 0 Å². The lowest BCUT2D eigenvalue weighted by molar-refractivity contribution is 0.0683. The molecule has 2 aliphatic heterocycles. The van der Waals surface area contributed by atoms with Crippen molar-refractivity contribution in [3.05, 3.63) is 0 Å². The Hall–Kier alpha value is -0.120. The third-order valence-electron chi connectivity index (χ3n) is 3.05. The minimum atomic E-state index is 0.460. The maximum Gasteiger partial charge on any atom is 0.0710 e. The first-order valence-corrected chi connectivity index (χ1v) is 5.25. The van der Waals surface area contributed by atoms with Gasteiger partial charge in [0.25, 0.3) is 0 Å². The zero-order chi connectivity index (χ0) is 9.10. The Kier molecular flexibility index (Phi) is 3.19. The predicted octanol–water partition coefficient (Wildman–Crippen LogP) is 0.886. The van der Waals surface area contributed by atoms with Gasteiger partial charge in [0.2, 0.25) is 0 Å². The summed E-state index contributed by atoms with van der Waals surface area (Å²) in [4.78, 5) is 2.46. The number of rotatable bonds is 3. The Morgan fingerprint density at radius 2 is 2.38 bits per heavy atom. The van der Waals surface area contributed by atoms with Crippen molar-refractivity contribution in [2.45, 2.75) is 31.5 Å². The molecule has 0 aliphatic carbocycles. The molecule has 3 heteroatoms. The molecule has 3 nitrogen and oxygen atoms in total. The lowest BCUT2D eigenvalue weighted by atomic mass is 10.2. The van der Waals surface area contributed by atoms with Gasteiger partial charge in [-0.2, -0.15) is 0 Å². The standard InChI is InChI=1S/C10H19NO2/c1-12-9-4-5-11(7-9)8-10-3-2-6-13-10/h9-10H,2-8H2,1H3/t9-,10-/m1/s1. The maximum absolute atomic E-state index is 5.60. The number of hydrogen-bond donors (Lipinski definition) is 0. The fourth-order valence-corrected chi connectivity index (χ4v) is 2.23. The zero-order valence-corrected chi connectivity index (χ0v) is 8.37. The third kappa shape index (κ3) is 2.42. The largest absolute Gasteiger partial charge is 0.380 e. The summed E-state index contributed by atoms with van der Waals surface area (Å²) in [5.41, 5.74) is 0. The second-order valence-electron chi connectivity index (χ2n) is 4.04. The van der Waals surface area contributed by atoms with Crippen molar-refractivity contribution in [1.29, 1.82) is 0 Å². The molecule has 0 bridgehead atoms. The van der Waals surface area contributed by atoms with Crippen LogP contribution in [-0.2, 0) is 9.47 Å². The molecule has 2 rings (SSSR count). The highest BCUT2D eigenvalue weighted by atomic mass is 16.5. The van der Waals surface area contributed by atoms with Crippen LogP contribution >= 0.6 is 0 Å². The van der Waals surface area contributed by atoms with Crippen LogP contribution in [0.15, 0.2) is 0 Å². The molecule has 0 radical (unpaired) electrons. The average molecular weight is 185 g/mol. The van der Waals surface area contributed by atoms with E-state index in [0.717, 1.165) is 19.7 Å². The normalized spacial score (nSPS) is 35.8. The number of hydrogen-bond acceptors (Lipinski definition) is 3. The minimum Gasteiger partial charge on any atom is -0.380 e. The molecule has 0 N–H and O–H groups in total. The molecule has 0 amide bonds. The second kappa shape index (κ2) is 4.40. The van der Waals surface area contributed by atoms with Gasteiger partial charge in [-0.25, -0.2) is 0 Å². The van der Waals surface area contributed by atoms with Crippen molar-refractivity contribution in [1.82, 2.24) is 4.90 Å². The zero-order valence-electron chi connectivity index (χ0n) is 8.37. The van der Waals surface area contributed by atoms with Crippen LogP contribution in [0.5, 0.6) is 0 Å². The molecular formula is C10H19NO2. The van der Waals surface area contributed by atoms with Gasteiger partial charge in [0.05, 0.1) is 12.2 Å². The van der Waals surface area contributed by atoms with Crippen LogP contribution < -0.4 is 0 Å². The first-order chi connectivity index (χ1) is 6.38. The monoisotopic (exact) mass is 185 g/mol. The number of likely N-dealkylation sites (tertiary alicyclic amines) is 1. The highest BCUT2D eigenvalue weighted by molar-refractivity contribution is 4.79. The van der Waals surface area contributed by atoms with Gasteiger partial charge in [0.1, 0.15) is 0 Å². The molecule has 2 atom stereocenters. The van der Waals surface area contributed by atoms with Crippen molar-refractivity contribution >= 4 is 0 Å². The van der Waals surface area contributed by atoms with E-state index in [9.17, 15) is 0 Å². The lowest BCUT2D eigenvalue weighted by Crippen LogP contribution is -2.31. The number of methoxy groups -OCH3 is 1. The Bertz CT molecular complexity index is 157. The highest BCUT2D eigenvalue weighted by Crippen LogP contribution is 2.17. The summed E-state index contributed by atoms with van der Waals surface area (Å²) >= 11 is 0. The fourth-order valence-electron chi connectivity index (χ4n) is 2.23. The molecule has 0 saturated carbocycles. The van der Waals surface area contributed by atoms with Crippen LogP contribution in [0.1, 0.15) is 19.3 Å². The summed E-state index contributed by atoms with van der Waals surface area (Å²) in [5.74, 6) is 0. The summed E-state index contributed by atoms with van der Waals surface area (Å²) in [7, 11) is 1.81. The molecule has 2 aliphatic rings. The maximum atomic E-state index is 5.60. The van der Waals surface area contributed by atoms with E-state index in [-0.39, 0.29) is 0 Å². The molecule has 0 spiro atoms. The van der Waals surface area contributed by atoms with E-state index < -0.39 is 0 Å². The molecule has 2 heterocycles. The first kappa shape index (κ1) is 9.44. The number of nitrogens with zero attached hydrogens (tertiary/aromatic N) is 1. The van der Waals surface area contributed by atoms with E-state index in [2.05, 4.69) is 4.90 Å². The quantitative estimate of drug-likeness (QED) is 0.651. The summed E-state index contributed by atoms with van der Waals surface area (Å²) in [6.07, 6.45) is 4.63. The molecule has 0 unspecified atom stereocenters. The van der Waals surface area contributed by atoms with Crippen molar-refractivity contribution < 1.29 is 9.47 Å². The van der Waals surface area contributed by atoms with Gasteiger partial charge < -0.3 is 9.47 Å². The van der Waals surface area contributed by atoms with E-state index in [1.54, 1.807) is 7.11 Å². The number of ether oxygens (including phenoxy) is 2. The fraction of sp³-hybridized carbons (Fsp3) is 1.00. The van der Waals surface area contributed by atoms with Crippen molar-refractivity contribution in [3.8, 4) is 0 Å². The predicted molar refractivity (Wildman–Crippen MR) is 50.8 cm³/mol. The van der Waals surface area contributed by atoms with Gasteiger partial charge in [0, 0.05) is 33.4 Å². The second-order valence-corrected chi connectivity index (χ2v) is 4.04. The van der Waals surface area contributed by atoms with Gasteiger partial charge in [-0.1, -0.05) is 0 Å². The van der Waals surface area contributed by atoms with Crippen LogP contribution in [0, 0.1) is 0 Å². The van der Waals surface area contributed by atoms with Gasteiger partial charge in [-0.3, -0.25) is 4.90 Å². The van der Waals surface area contributed by atoms with Crippen LogP contribution in [0.4, 0.5) is 0 Å². The highest BCUT2D eigenvalue weighted by Gasteiger charge is 2.25. The molecule has 2 fully saturated rings. The summed E-state index contributed by atoms with van der Waals surface area (Å²) < 4.78 is 10.9. The van der Waals surface area contributed by atoms with Crippen LogP contribution in [0.25, 0.3) is 0 Å². The Morgan fingerprint density at radius 3 is 3.00 bits per heavy atom. The van der Waals surface area contributed by atoms with Gasteiger partial charge in [-0.05, 0) is 19.3 Å². The van der Waals surface area contributed by atoms with E-state index >= 15 is 0 Å². The van der Waals surface area contributed by atoms with Crippen molar-refractivity contribution in [2.24, 2.45) is 0 Å². The Morgan fingerprint density at radius 1 is 1.46 bits per heavy atom. The molecule has 0 aromatic heterocycles. The Balaban J connectivity index is 1.70. The van der Waals surface area contributed by atoms with Gasteiger partial charge in [0.15, 0.2) is 0 Å². The minimum absolute atomic E-state index is 0.460. The van der Waals surface area contributed by atoms with Crippen LogP contribution in [-0.4, -0.2) is 50.5 Å². The smallest absolute Gasteiger partial charge is 0.0710 e. The summed E-state index contributed by atoms with van der Waals surface area (Å²) in [6.45, 7) is 4.35. The SMILES string of the molecule is CO[C@@H]1CCN(C[C@H]2CCCO2)C1. The summed E-state index contributed by atoms with van der Waals surface area (Å²) in [6, 6.07) is 0. The van der Waals surface area contributed by atoms with Crippen molar-refractivity contribution in [3.63, 3.8) is 0 Å². The topological polar surface area (TPSA) is 21.7 Å². The van der Waals surface area contributed by atoms with Gasteiger partial charge >= 0.3 is 0 Å². The molecule has 0 aromatic carbocycles.